The molecule has 68 valence electrons. The Morgan fingerprint density at radius 1 is 1.67 bits per heavy atom. The van der Waals surface area contributed by atoms with Crippen LogP contribution in [-0.4, -0.2) is 11.2 Å². The van der Waals surface area contributed by atoms with Crippen LogP contribution in [0.4, 0.5) is 0 Å². The van der Waals surface area contributed by atoms with E-state index in [0.717, 1.165) is 25.7 Å². The van der Waals surface area contributed by atoms with E-state index in [1.165, 1.54) is 17.6 Å². The Labute approximate surface area is 74.8 Å². The minimum atomic E-state index is -0.207. The molecule has 0 spiro atoms. The quantitative estimate of drug-likeness (QED) is 0.625. The molecule has 0 aromatic carbocycles. The summed E-state index contributed by atoms with van der Waals surface area (Å²) in [6.07, 6.45) is 7.22. The fraction of sp³-hybridized carbons (Fsp3) is 0.636. The molecule has 1 rings (SSSR count). The van der Waals surface area contributed by atoms with Gasteiger partial charge in [-0.1, -0.05) is 30.2 Å². The van der Waals surface area contributed by atoms with E-state index in [-0.39, 0.29) is 6.10 Å². The third kappa shape index (κ3) is 3.22. The normalized spacial score (nSPS) is 24.5. The Morgan fingerprint density at radius 2 is 2.42 bits per heavy atom. The predicted octanol–water partition coefficient (Wildman–Crippen LogP) is 2.81. The van der Waals surface area contributed by atoms with Crippen molar-refractivity contribution < 1.29 is 5.11 Å². The molecule has 0 bridgehead atoms. The van der Waals surface area contributed by atoms with Gasteiger partial charge in [0, 0.05) is 0 Å². The van der Waals surface area contributed by atoms with Crippen molar-refractivity contribution in [2.45, 2.75) is 45.1 Å². The van der Waals surface area contributed by atoms with E-state index in [2.05, 4.69) is 6.58 Å². The van der Waals surface area contributed by atoms with Crippen molar-refractivity contribution in [2.75, 3.05) is 0 Å². The number of hydrogen-bond acceptors (Lipinski definition) is 1. The third-order valence-corrected chi connectivity index (χ3v) is 2.20. The summed E-state index contributed by atoms with van der Waals surface area (Å²) >= 11 is 0. The molecule has 1 unspecified atom stereocenters. The smallest absolute Gasteiger partial charge is 0.0723 e. The molecule has 0 heterocycles. The second kappa shape index (κ2) is 4.46. The van der Waals surface area contributed by atoms with Crippen LogP contribution in [0, 0.1) is 0 Å². The van der Waals surface area contributed by atoms with Gasteiger partial charge < -0.3 is 5.11 Å². The highest BCUT2D eigenvalue weighted by Crippen LogP contribution is 2.22. The van der Waals surface area contributed by atoms with E-state index in [9.17, 15) is 5.11 Å². The lowest BCUT2D eigenvalue weighted by Crippen LogP contribution is -2.00. The van der Waals surface area contributed by atoms with Gasteiger partial charge in [0.2, 0.25) is 0 Å². The van der Waals surface area contributed by atoms with Crippen molar-refractivity contribution in [1.29, 1.82) is 0 Å². The zero-order valence-corrected chi connectivity index (χ0v) is 7.84. The molecule has 0 aromatic heterocycles. The highest BCUT2D eigenvalue weighted by Gasteiger charge is 2.08. The average Bonchev–Trinajstić information content (AvgIpc) is 2.12. The summed E-state index contributed by atoms with van der Waals surface area (Å²) in [6, 6.07) is 0. The van der Waals surface area contributed by atoms with Crippen molar-refractivity contribution in [3.63, 3.8) is 0 Å². The van der Waals surface area contributed by atoms with Gasteiger partial charge in [0.1, 0.15) is 0 Å². The molecule has 1 atom stereocenters. The van der Waals surface area contributed by atoms with Gasteiger partial charge in [-0.05, 0) is 32.6 Å². The lowest BCUT2D eigenvalue weighted by Gasteiger charge is -2.05. The van der Waals surface area contributed by atoms with Crippen molar-refractivity contribution in [3.05, 3.63) is 23.8 Å². The van der Waals surface area contributed by atoms with Crippen LogP contribution in [0.2, 0.25) is 0 Å². The van der Waals surface area contributed by atoms with Crippen LogP contribution >= 0.6 is 0 Å². The monoisotopic (exact) mass is 166 g/mol. The summed E-state index contributed by atoms with van der Waals surface area (Å²) in [6.45, 7) is 5.92. The van der Waals surface area contributed by atoms with Gasteiger partial charge in [-0.15, -0.1) is 0 Å². The maximum Gasteiger partial charge on any atom is 0.0723 e. The highest BCUT2D eigenvalue weighted by atomic mass is 16.3. The van der Waals surface area contributed by atoms with Crippen LogP contribution in [0.3, 0.4) is 0 Å². The Hall–Kier alpha value is -0.560. The summed E-state index contributed by atoms with van der Waals surface area (Å²) in [4.78, 5) is 0. The molecule has 0 fully saturated rings. The maximum absolute atomic E-state index is 9.47. The molecule has 0 saturated carbocycles. The number of rotatable bonds is 2. The van der Waals surface area contributed by atoms with Crippen LogP contribution in [0.1, 0.15) is 39.0 Å². The van der Waals surface area contributed by atoms with E-state index in [0.29, 0.717) is 0 Å². The molecule has 0 saturated heterocycles. The van der Waals surface area contributed by atoms with Crippen LogP contribution < -0.4 is 0 Å². The highest BCUT2D eigenvalue weighted by molar-refractivity contribution is 5.14. The molecule has 1 nitrogen and oxygen atoms in total. The molecule has 1 aliphatic rings. The number of aliphatic hydroxyl groups excluding tert-OH is 1. The van der Waals surface area contributed by atoms with Gasteiger partial charge in [0.25, 0.3) is 0 Å². The topological polar surface area (TPSA) is 20.2 Å². The van der Waals surface area contributed by atoms with Crippen molar-refractivity contribution in [1.82, 2.24) is 0 Å². The molecular formula is C11H18O. The van der Waals surface area contributed by atoms with Gasteiger partial charge in [-0.3, -0.25) is 0 Å². The van der Waals surface area contributed by atoms with E-state index >= 15 is 0 Å². The summed E-state index contributed by atoms with van der Waals surface area (Å²) in [5.41, 5.74) is 2.56. The molecule has 1 N–H and O–H groups in total. The minimum Gasteiger partial charge on any atom is -0.389 e. The Kier molecular flexibility index (Phi) is 3.54. The second-order valence-electron chi connectivity index (χ2n) is 3.77. The lowest BCUT2D eigenvalue weighted by atomic mass is 10.0. The van der Waals surface area contributed by atoms with E-state index in [1.807, 2.05) is 13.0 Å². The van der Waals surface area contributed by atoms with Gasteiger partial charge in [0.05, 0.1) is 6.10 Å². The summed E-state index contributed by atoms with van der Waals surface area (Å²) < 4.78 is 0. The molecule has 1 aliphatic carbocycles. The van der Waals surface area contributed by atoms with Crippen molar-refractivity contribution in [2.24, 2.45) is 0 Å². The summed E-state index contributed by atoms with van der Waals surface area (Å²) in [5.74, 6) is 0. The van der Waals surface area contributed by atoms with Gasteiger partial charge in [-0.25, -0.2) is 0 Å². The number of aliphatic hydroxyl groups is 1. The van der Waals surface area contributed by atoms with E-state index in [1.54, 1.807) is 0 Å². The average molecular weight is 166 g/mol. The SMILES string of the molecule is C=C(C)CC1=CC(O)CCCC1. The molecule has 0 aliphatic heterocycles. The zero-order chi connectivity index (χ0) is 8.97. The first-order valence-electron chi connectivity index (χ1n) is 4.70. The fourth-order valence-corrected chi connectivity index (χ4v) is 1.68. The van der Waals surface area contributed by atoms with Crippen molar-refractivity contribution >= 4 is 0 Å². The third-order valence-electron chi connectivity index (χ3n) is 2.20. The predicted molar refractivity (Wildman–Crippen MR) is 52.0 cm³/mol. The lowest BCUT2D eigenvalue weighted by molar-refractivity contribution is 0.211. The first-order chi connectivity index (χ1) is 5.68. The molecule has 12 heavy (non-hydrogen) atoms. The van der Waals surface area contributed by atoms with E-state index in [4.69, 9.17) is 0 Å². The molecule has 0 aromatic rings. The second-order valence-corrected chi connectivity index (χ2v) is 3.77. The molecular weight excluding hydrogens is 148 g/mol. The molecule has 0 radical (unpaired) electrons. The number of allylic oxidation sites excluding steroid dienone is 2. The minimum absolute atomic E-state index is 0.207. The Bertz CT molecular complexity index is 191. The van der Waals surface area contributed by atoms with Gasteiger partial charge in [0.15, 0.2) is 0 Å². The standard InChI is InChI=1S/C11H18O/c1-9(2)7-10-5-3-4-6-11(12)8-10/h8,11-12H,1,3-7H2,2H3. The maximum atomic E-state index is 9.47. The van der Waals surface area contributed by atoms with Crippen LogP contribution in [0.5, 0.6) is 0 Å². The molecule has 1 heteroatoms. The molecule has 0 amide bonds. The largest absolute Gasteiger partial charge is 0.389 e. The first kappa shape index (κ1) is 9.53. The van der Waals surface area contributed by atoms with Crippen LogP contribution in [0.15, 0.2) is 23.8 Å². The summed E-state index contributed by atoms with van der Waals surface area (Å²) in [5, 5.41) is 9.47. The Morgan fingerprint density at radius 3 is 3.08 bits per heavy atom. The Balaban J connectivity index is 2.53. The first-order valence-corrected chi connectivity index (χ1v) is 4.70. The van der Waals surface area contributed by atoms with Crippen LogP contribution in [-0.2, 0) is 0 Å². The zero-order valence-electron chi connectivity index (χ0n) is 7.84. The van der Waals surface area contributed by atoms with Crippen molar-refractivity contribution in [3.8, 4) is 0 Å². The summed E-state index contributed by atoms with van der Waals surface area (Å²) in [7, 11) is 0. The van der Waals surface area contributed by atoms with Crippen LogP contribution in [0.25, 0.3) is 0 Å². The number of hydrogen-bond donors (Lipinski definition) is 1. The fourth-order valence-electron chi connectivity index (χ4n) is 1.68. The van der Waals surface area contributed by atoms with Gasteiger partial charge in [-0.2, -0.15) is 0 Å². The van der Waals surface area contributed by atoms with E-state index < -0.39 is 0 Å². The van der Waals surface area contributed by atoms with Gasteiger partial charge >= 0.3 is 0 Å².